The summed E-state index contributed by atoms with van der Waals surface area (Å²) in [5, 5.41) is 3.44. The fraction of sp³-hybridized carbons (Fsp3) is 0.571. The molecule has 0 saturated heterocycles. The molecule has 3 N–H and O–H groups in total. The second-order valence-electron chi connectivity index (χ2n) is 4.39. The smallest absolute Gasteiger partial charge is 0.119 e. The van der Waals surface area contributed by atoms with Crippen molar-refractivity contribution >= 4 is 0 Å². The highest BCUT2D eigenvalue weighted by Crippen LogP contribution is 2.11. The Morgan fingerprint density at radius 3 is 2.59 bits per heavy atom. The molecule has 0 aliphatic heterocycles. The molecule has 0 fully saturated rings. The van der Waals surface area contributed by atoms with Crippen molar-refractivity contribution in [3.8, 4) is 5.75 Å². The number of ether oxygens (including phenoxy) is 1. The Bertz CT molecular complexity index is 298. The third kappa shape index (κ3) is 5.71. The average Bonchev–Trinajstić information content (AvgIpc) is 2.32. The minimum Gasteiger partial charge on any atom is -0.494 e. The zero-order chi connectivity index (χ0) is 12.5. The van der Waals surface area contributed by atoms with Crippen LogP contribution in [0.25, 0.3) is 0 Å². The molecule has 0 amide bonds. The van der Waals surface area contributed by atoms with Gasteiger partial charge >= 0.3 is 0 Å². The van der Waals surface area contributed by atoms with E-state index >= 15 is 0 Å². The summed E-state index contributed by atoms with van der Waals surface area (Å²) in [6, 6.07) is 8.24. The van der Waals surface area contributed by atoms with E-state index in [-0.39, 0.29) is 0 Å². The van der Waals surface area contributed by atoms with Crippen molar-refractivity contribution in [1.29, 1.82) is 0 Å². The van der Waals surface area contributed by atoms with Crippen molar-refractivity contribution in [3.05, 3.63) is 29.8 Å². The van der Waals surface area contributed by atoms with Crippen LogP contribution in [-0.2, 0) is 6.54 Å². The quantitative estimate of drug-likeness (QED) is 0.727. The summed E-state index contributed by atoms with van der Waals surface area (Å²) in [6.07, 6.45) is 1.08. The van der Waals surface area contributed by atoms with E-state index in [4.69, 9.17) is 10.5 Å². The largest absolute Gasteiger partial charge is 0.494 e. The van der Waals surface area contributed by atoms with Crippen molar-refractivity contribution in [2.45, 2.75) is 26.8 Å². The number of nitrogens with one attached hydrogen (secondary N) is 1. The maximum atomic E-state index is 5.52. The molecular weight excluding hydrogens is 212 g/mol. The fourth-order valence-corrected chi connectivity index (χ4v) is 1.72. The van der Waals surface area contributed by atoms with Gasteiger partial charge in [-0.3, -0.25) is 0 Å². The topological polar surface area (TPSA) is 47.3 Å². The monoisotopic (exact) mass is 236 g/mol. The van der Waals surface area contributed by atoms with Crippen molar-refractivity contribution in [1.82, 2.24) is 5.32 Å². The SMILES string of the molecule is CCOc1ccc(CNCC(C)CCN)cc1. The lowest BCUT2D eigenvalue weighted by atomic mass is 10.1. The third-order valence-corrected chi connectivity index (χ3v) is 2.72. The van der Waals surface area contributed by atoms with E-state index in [0.717, 1.165) is 31.8 Å². The summed E-state index contributed by atoms with van der Waals surface area (Å²) in [5.74, 6) is 1.58. The minimum atomic E-state index is 0.641. The molecule has 96 valence electrons. The summed E-state index contributed by atoms with van der Waals surface area (Å²) in [7, 11) is 0. The molecule has 1 aromatic rings. The van der Waals surface area contributed by atoms with Gasteiger partial charge in [-0.1, -0.05) is 19.1 Å². The predicted molar refractivity (Wildman–Crippen MR) is 72.2 cm³/mol. The summed E-state index contributed by atoms with van der Waals surface area (Å²) in [4.78, 5) is 0. The average molecular weight is 236 g/mol. The highest BCUT2D eigenvalue weighted by Gasteiger charge is 2.00. The van der Waals surface area contributed by atoms with Gasteiger partial charge in [0, 0.05) is 6.54 Å². The Kier molecular flexibility index (Phi) is 6.67. The Morgan fingerprint density at radius 2 is 2.00 bits per heavy atom. The molecule has 0 spiro atoms. The molecule has 17 heavy (non-hydrogen) atoms. The minimum absolute atomic E-state index is 0.641. The van der Waals surface area contributed by atoms with Crippen LogP contribution in [0.15, 0.2) is 24.3 Å². The number of rotatable bonds is 8. The molecule has 3 heteroatoms. The van der Waals surface area contributed by atoms with E-state index in [2.05, 4.69) is 24.4 Å². The molecule has 0 aliphatic rings. The molecule has 0 bridgehead atoms. The Labute approximate surface area is 104 Å². The van der Waals surface area contributed by atoms with Gasteiger partial charge in [-0.25, -0.2) is 0 Å². The molecule has 0 heterocycles. The lowest BCUT2D eigenvalue weighted by molar-refractivity contribution is 0.340. The highest BCUT2D eigenvalue weighted by molar-refractivity contribution is 5.27. The lowest BCUT2D eigenvalue weighted by Crippen LogP contribution is -2.22. The van der Waals surface area contributed by atoms with E-state index in [1.165, 1.54) is 5.56 Å². The third-order valence-electron chi connectivity index (χ3n) is 2.72. The maximum absolute atomic E-state index is 5.52. The zero-order valence-corrected chi connectivity index (χ0v) is 10.9. The van der Waals surface area contributed by atoms with Crippen molar-refractivity contribution in [2.75, 3.05) is 19.7 Å². The second kappa shape index (κ2) is 8.09. The molecule has 1 rings (SSSR count). The standard InChI is InChI=1S/C14H24N2O/c1-3-17-14-6-4-13(5-7-14)11-16-10-12(2)8-9-15/h4-7,12,16H,3,8-11,15H2,1-2H3. The molecule has 0 aromatic heterocycles. The van der Waals surface area contributed by atoms with Crippen LogP contribution < -0.4 is 15.8 Å². The molecule has 3 nitrogen and oxygen atoms in total. The molecule has 0 radical (unpaired) electrons. The first-order valence-electron chi connectivity index (χ1n) is 6.38. The van der Waals surface area contributed by atoms with Crippen LogP contribution >= 0.6 is 0 Å². The molecule has 0 aliphatic carbocycles. The van der Waals surface area contributed by atoms with Crippen LogP contribution in [0, 0.1) is 5.92 Å². The van der Waals surface area contributed by atoms with E-state index in [9.17, 15) is 0 Å². The van der Waals surface area contributed by atoms with Crippen molar-refractivity contribution < 1.29 is 4.74 Å². The van der Waals surface area contributed by atoms with Gasteiger partial charge in [-0.15, -0.1) is 0 Å². The van der Waals surface area contributed by atoms with Crippen molar-refractivity contribution in [3.63, 3.8) is 0 Å². The summed E-state index contributed by atoms with van der Waals surface area (Å²) >= 11 is 0. The molecular formula is C14H24N2O. The van der Waals surface area contributed by atoms with Gasteiger partial charge in [0.15, 0.2) is 0 Å². The summed E-state index contributed by atoms with van der Waals surface area (Å²) in [6.45, 7) is 7.62. The molecule has 1 unspecified atom stereocenters. The van der Waals surface area contributed by atoms with Gasteiger partial charge in [0.1, 0.15) is 5.75 Å². The van der Waals surface area contributed by atoms with E-state index in [1.807, 2.05) is 19.1 Å². The lowest BCUT2D eigenvalue weighted by Gasteiger charge is -2.11. The van der Waals surface area contributed by atoms with Gasteiger partial charge in [-0.05, 0) is 50.0 Å². The normalized spacial score (nSPS) is 12.4. The van der Waals surface area contributed by atoms with Gasteiger partial charge in [0.2, 0.25) is 0 Å². The van der Waals surface area contributed by atoms with E-state index in [1.54, 1.807) is 0 Å². The van der Waals surface area contributed by atoms with Gasteiger partial charge in [0.05, 0.1) is 6.61 Å². The Balaban J connectivity index is 2.27. The highest BCUT2D eigenvalue weighted by atomic mass is 16.5. The van der Waals surface area contributed by atoms with E-state index < -0.39 is 0 Å². The van der Waals surface area contributed by atoms with Gasteiger partial charge in [-0.2, -0.15) is 0 Å². The molecule has 1 atom stereocenters. The fourth-order valence-electron chi connectivity index (χ4n) is 1.72. The predicted octanol–water partition coefficient (Wildman–Crippen LogP) is 2.16. The first kappa shape index (κ1) is 14.0. The second-order valence-corrected chi connectivity index (χ2v) is 4.39. The van der Waals surface area contributed by atoms with Gasteiger partial charge in [0.25, 0.3) is 0 Å². The first-order chi connectivity index (χ1) is 8.26. The Hall–Kier alpha value is -1.06. The van der Waals surface area contributed by atoms with Crippen LogP contribution in [0.1, 0.15) is 25.8 Å². The van der Waals surface area contributed by atoms with Crippen LogP contribution in [0.4, 0.5) is 0 Å². The van der Waals surface area contributed by atoms with Gasteiger partial charge < -0.3 is 15.8 Å². The van der Waals surface area contributed by atoms with Crippen LogP contribution in [-0.4, -0.2) is 19.7 Å². The molecule has 1 aromatic carbocycles. The number of hydrogen-bond acceptors (Lipinski definition) is 3. The number of hydrogen-bond donors (Lipinski definition) is 2. The molecule has 0 saturated carbocycles. The summed E-state index contributed by atoms with van der Waals surface area (Å²) in [5.41, 5.74) is 6.80. The maximum Gasteiger partial charge on any atom is 0.119 e. The van der Waals surface area contributed by atoms with Crippen molar-refractivity contribution in [2.24, 2.45) is 11.7 Å². The van der Waals surface area contributed by atoms with Crippen LogP contribution in [0.2, 0.25) is 0 Å². The van der Waals surface area contributed by atoms with Crippen LogP contribution in [0.5, 0.6) is 5.75 Å². The zero-order valence-electron chi connectivity index (χ0n) is 10.9. The van der Waals surface area contributed by atoms with Crippen LogP contribution in [0.3, 0.4) is 0 Å². The summed E-state index contributed by atoms with van der Waals surface area (Å²) < 4.78 is 5.40. The van der Waals surface area contributed by atoms with E-state index in [0.29, 0.717) is 12.5 Å². The number of nitrogens with two attached hydrogens (primary N) is 1. The first-order valence-corrected chi connectivity index (χ1v) is 6.38. The Morgan fingerprint density at radius 1 is 1.29 bits per heavy atom. The number of benzene rings is 1.